The van der Waals surface area contributed by atoms with E-state index in [2.05, 4.69) is 9.97 Å². The number of nitrogens with zero attached hydrogens (tertiary/aromatic N) is 2. The van der Waals surface area contributed by atoms with Crippen LogP contribution in [0.5, 0.6) is 0 Å². The Morgan fingerprint density at radius 2 is 1.89 bits per heavy atom. The monoisotopic (exact) mass is 276 g/mol. The van der Waals surface area contributed by atoms with Crippen LogP contribution in [0, 0.1) is 0 Å². The summed E-state index contributed by atoms with van der Waals surface area (Å²) < 4.78 is 5.54. The maximum absolute atomic E-state index is 6.11. The van der Waals surface area contributed by atoms with E-state index in [0.717, 1.165) is 17.7 Å². The third kappa shape index (κ3) is 2.94. The maximum Gasteiger partial charge on any atom is 0.162 e. The highest BCUT2D eigenvalue weighted by atomic mass is 35.5. The van der Waals surface area contributed by atoms with Gasteiger partial charge in [0.1, 0.15) is 10.8 Å². The van der Waals surface area contributed by atoms with Gasteiger partial charge < -0.3 is 4.74 Å². The van der Waals surface area contributed by atoms with Crippen LogP contribution >= 0.6 is 11.6 Å². The summed E-state index contributed by atoms with van der Waals surface area (Å²) in [6.45, 7) is 4.00. The second-order valence-electron chi connectivity index (χ2n) is 4.55. The van der Waals surface area contributed by atoms with Crippen LogP contribution in [0.3, 0.4) is 0 Å². The minimum absolute atomic E-state index is 0.431. The Bertz CT molecular complexity index is 553. The van der Waals surface area contributed by atoms with Crippen molar-refractivity contribution < 1.29 is 4.74 Å². The van der Waals surface area contributed by atoms with Gasteiger partial charge in [-0.1, -0.05) is 48.9 Å². The summed E-state index contributed by atoms with van der Waals surface area (Å²) in [6.07, 6.45) is 0.776. The molecule has 1 heterocycles. The van der Waals surface area contributed by atoms with Crippen molar-refractivity contribution in [3.05, 3.63) is 47.4 Å². The van der Waals surface area contributed by atoms with Gasteiger partial charge in [0.25, 0.3) is 0 Å². The molecule has 0 amide bonds. The lowest BCUT2D eigenvalue weighted by atomic mass is 10.0. The number of ether oxygens (including phenoxy) is 1. The predicted octanol–water partition coefficient (Wildman–Crippen LogP) is 4.07. The molecule has 19 heavy (non-hydrogen) atoms. The van der Waals surface area contributed by atoms with Crippen LogP contribution in [0.25, 0.3) is 11.3 Å². The Kier molecular flexibility index (Phi) is 4.17. The summed E-state index contributed by atoms with van der Waals surface area (Å²) in [5.41, 5.74) is 1.31. The van der Waals surface area contributed by atoms with Crippen LogP contribution < -0.4 is 0 Å². The highest BCUT2D eigenvalue weighted by molar-refractivity contribution is 6.29. The molecule has 3 nitrogen and oxygen atoms in total. The van der Waals surface area contributed by atoms with Crippen LogP contribution in [0.1, 0.15) is 26.1 Å². The van der Waals surface area contributed by atoms with Crippen LogP contribution in [-0.4, -0.2) is 17.1 Å². The van der Waals surface area contributed by atoms with E-state index < -0.39 is 5.60 Å². The lowest BCUT2D eigenvalue weighted by Crippen LogP contribution is -2.26. The SMILES string of the molecule is CCC(C)(OC)c1nc(Cl)cc(-c2ccccc2)n1. The minimum Gasteiger partial charge on any atom is -0.371 e. The average Bonchev–Trinajstić information content (AvgIpc) is 2.46. The molecule has 0 aliphatic rings. The van der Waals surface area contributed by atoms with E-state index in [4.69, 9.17) is 16.3 Å². The first kappa shape index (κ1) is 14.0. The molecule has 1 atom stereocenters. The number of rotatable bonds is 4. The molecular weight excluding hydrogens is 260 g/mol. The quantitative estimate of drug-likeness (QED) is 0.790. The lowest BCUT2D eigenvalue weighted by molar-refractivity contribution is -0.00888. The van der Waals surface area contributed by atoms with Crippen molar-refractivity contribution in [2.24, 2.45) is 0 Å². The Labute approximate surface area is 118 Å². The summed E-state index contributed by atoms with van der Waals surface area (Å²) in [6, 6.07) is 11.7. The first-order valence-electron chi connectivity index (χ1n) is 6.24. The molecule has 0 radical (unpaired) electrons. The number of aromatic nitrogens is 2. The van der Waals surface area contributed by atoms with Gasteiger partial charge in [0.15, 0.2) is 5.82 Å². The molecule has 0 N–H and O–H groups in total. The van der Waals surface area contributed by atoms with E-state index in [1.54, 1.807) is 13.2 Å². The van der Waals surface area contributed by atoms with Crippen molar-refractivity contribution in [1.29, 1.82) is 0 Å². The van der Waals surface area contributed by atoms with Gasteiger partial charge >= 0.3 is 0 Å². The smallest absolute Gasteiger partial charge is 0.162 e. The maximum atomic E-state index is 6.11. The Morgan fingerprint density at radius 3 is 2.47 bits per heavy atom. The van der Waals surface area contributed by atoms with Gasteiger partial charge in [-0.15, -0.1) is 0 Å². The van der Waals surface area contributed by atoms with E-state index in [0.29, 0.717) is 11.0 Å². The first-order valence-corrected chi connectivity index (χ1v) is 6.62. The van der Waals surface area contributed by atoms with Gasteiger partial charge in [-0.25, -0.2) is 9.97 Å². The highest BCUT2D eigenvalue weighted by Gasteiger charge is 2.28. The molecule has 100 valence electrons. The summed E-state index contributed by atoms with van der Waals surface area (Å²) >= 11 is 6.11. The molecule has 2 rings (SSSR count). The van der Waals surface area contributed by atoms with E-state index in [9.17, 15) is 0 Å². The molecule has 0 fully saturated rings. The van der Waals surface area contributed by atoms with Gasteiger partial charge in [-0.3, -0.25) is 0 Å². The van der Waals surface area contributed by atoms with Gasteiger partial charge in [0.05, 0.1) is 5.69 Å². The van der Waals surface area contributed by atoms with E-state index in [1.165, 1.54) is 0 Å². The molecule has 1 unspecified atom stereocenters. The predicted molar refractivity (Wildman–Crippen MR) is 77.1 cm³/mol. The Morgan fingerprint density at radius 1 is 1.21 bits per heavy atom. The number of hydrogen-bond acceptors (Lipinski definition) is 3. The standard InChI is InChI=1S/C15H17ClN2O/c1-4-15(2,19-3)14-17-12(10-13(16)18-14)11-8-6-5-7-9-11/h5-10H,4H2,1-3H3. The third-order valence-electron chi connectivity index (χ3n) is 3.36. The molecule has 2 aromatic rings. The van der Waals surface area contributed by atoms with E-state index in [-0.39, 0.29) is 0 Å². The highest BCUT2D eigenvalue weighted by Crippen LogP contribution is 2.28. The fraction of sp³-hybridized carbons (Fsp3) is 0.333. The summed E-state index contributed by atoms with van der Waals surface area (Å²) in [5, 5.41) is 0.431. The Hall–Kier alpha value is -1.45. The topological polar surface area (TPSA) is 35.0 Å². The van der Waals surface area contributed by atoms with Gasteiger partial charge in [-0.2, -0.15) is 0 Å². The van der Waals surface area contributed by atoms with Gasteiger partial charge in [-0.05, 0) is 13.3 Å². The number of methoxy groups -OCH3 is 1. The molecule has 0 saturated carbocycles. The first-order chi connectivity index (χ1) is 9.09. The number of benzene rings is 1. The largest absolute Gasteiger partial charge is 0.371 e. The summed E-state index contributed by atoms with van der Waals surface area (Å²) in [7, 11) is 1.66. The molecular formula is C15H17ClN2O. The van der Waals surface area contributed by atoms with Crippen LogP contribution in [-0.2, 0) is 10.3 Å². The van der Waals surface area contributed by atoms with E-state index >= 15 is 0 Å². The van der Waals surface area contributed by atoms with Crippen LogP contribution in [0.15, 0.2) is 36.4 Å². The number of hydrogen-bond donors (Lipinski definition) is 0. The minimum atomic E-state index is -0.519. The molecule has 1 aromatic carbocycles. The molecule has 0 bridgehead atoms. The van der Waals surface area contributed by atoms with Crippen LogP contribution in [0.4, 0.5) is 0 Å². The molecule has 0 spiro atoms. The average molecular weight is 277 g/mol. The molecule has 0 saturated heterocycles. The zero-order valence-electron chi connectivity index (χ0n) is 11.4. The van der Waals surface area contributed by atoms with Crippen molar-refractivity contribution in [3.8, 4) is 11.3 Å². The summed E-state index contributed by atoms with van der Waals surface area (Å²) in [4.78, 5) is 8.90. The normalized spacial score (nSPS) is 14.1. The van der Waals surface area contributed by atoms with Crippen molar-refractivity contribution in [1.82, 2.24) is 9.97 Å². The van der Waals surface area contributed by atoms with Crippen molar-refractivity contribution in [2.75, 3.05) is 7.11 Å². The third-order valence-corrected chi connectivity index (χ3v) is 3.56. The molecule has 0 aliphatic carbocycles. The zero-order chi connectivity index (χ0) is 13.9. The Balaban J connectivity index is 2.52. The second-order valence-corrected chi connectivity index (χ2v) is 4.94. The van der Waals surface area contributed by atoms with Gasteiger partial charge in [0, 0.05) is 18.7 Å². The fourth-order valence-corrected chi connectivity index (χ4v) is 1.99. The molecule has 0 aliphatic heterocycles. The fourth-order valence-electron chi connectivity index (χ4n) is 1.80. The lowest BCUT2D eigenvalue weighted by Gasteiger charge is -2.25. The van der Waals surface area contributed by atoms with Crippen LogP contribution in [0.2, 0.25) is 5.15 Å². The van der Waals surface area contributed by atoms with Crippen molar-refractivity contribution in [3.63, 3.8) is 0 Å². The summed E-state index contributed by atoms with van der Waals surface area (Å²) in [5.74, 6) is 0.615. The molecule has 4 heteroatoms. The van der Waals surface area contributed by atoms with Crippen molar-refractivity contribution in [2.45, 2.75) is 25.9 Å². The van der Waals surface area contributed by atoms with E-state index in [1.807, 2.05) is 44.2 Å². The van der Waals surface area contributed by atoms with Crippen molar-refractivity contribution >= 4 is 11.6 Å². The second kappa shape index (κ2) is 5.68. The molecule has 1 aromatic heterocycles. The number of halogens is 1. The van der Waals surface area contributed by atoms with Gasteiger partial charge in [0.2, 0.25) is 0 Å². The zero-order valence-corrected chi connectivity index (χ0v) is 12.1.